The summed E-state index contributed by atoms with van der Waals surface area (Å²) in [6.45, 7) is 3.17. The second-order valence-corrected chi connectivity index (χ2v) is 12.4. The Hall–Kier alpha value is -3.03. The van der Waals surface area contributed by atoms with Crippen molar-refractivity contribution in [3.63, 3.8) is 0 Å². The molecule has 0 bridgehead atoms. The van der Waals surface area contributed by atoms with Crippen LogP contribution in [-0.2, 0) is 29.1 Å². The molecule has 0 aromatic heterocycles. The Morgan fingerprint density at radius 2 is 1.95 bits per heavy atom. The van der Waals surface area contributed by atoms with Gasteiger partial charge in [0.2, 0.25) is 0 Å². The summed E-state index contributed by atoms with van der Waals surface area (Å²) in [5, 5.41) is 12.0. The van der Waals surface area contributed by atoms with Crippen LogP contribution < -0.4 is 11.1 Å². The lowest BCUT2D eigenvalue weighted by Crippen LogP contribution is -2.48. The molecule has 2 aromatic carbocycles. The number of benzene rings is 2. The summed E-state index contributed by atoms with van der Waals surface area (Å²) < 4.78 is 67.6. The van der Waals surface area contributed by atoms with E-state index in [-0.39, 0.29) is 63.7 Å². The first-order valence-electron chi connectivity index (χ1n) is 12.5. The lowest BCUT2D eigenvalue weighted by Gasteiger charge is -2.37. The van der Waals surface area contributed by atoms with E-state index in [1.54, 1.807) is 4.90 Å². The fourth-order valence-corrected chi connectivity index (χ4v) is 6.12. The summed E-state index contributed by atoms with van der Waals surface area (Å²) in [7, 11) is -2.23. The molecule has 0 radical (unpaired) electrons. The second-order valence-electron chi connectivity index (χ2n) is 9.75. The molecule has 0 unspecified atom stereocenters. The number of anilines is 1. The molecule has 1 aliphatic heterocycles. The number of piperidine rings is 1. The van der Waals surface area contributed by atoms with Crippen molar-refractivity contribution >= 4 is 39.1 Å². The number of rotatable bonds is 8. The minimum Gasteiger partial charge on any atom is -0.465 e. The number of nitrogens with two attached hydrogens (primary N) is 1. The van der Waals surface area contributed by atoms with E-state index < -0.39 is 39.1 Å². The van der Waals surface area contributed by atoms with Gasteiger partial charge in [-0.05, 0) is 67.3 Å². The van der Waals surface area contributed by atoms with Crippen molar-refractivity contribution in [2.24, 2.45) is 0 Å². The third kappa shape index (κ3) is 6.99. The Morgan fingerprint density at radius 1 is 1.27 bits per heavy atom. The number of nitrogen functional groups attached to an aromatic ring is 1. The van der Waals surface area contributed by atoms with Crippen LogP contribution >= 0.6 is 11.6 Å². The third-order valence-corrected chi connectivity index (χ3v) is 9.26. The van der Waals surface area contributed by atoms with Gasteiger partial charge in [0.05, 0.1) is 21.8 Å². The van der Waals surface area contributed by atoms with E-state index in [0.717, 1.165) is 4.90 Å². The fraction of sp³-hybridized carbons (Fsp3) is 0.462. The fourth-order valence-electron chi connectivity index (χ4n) is 4.81. The van der Waals surface area contributed by atoms with Gasteiger partial charge in [-0.2, -0.15) is 13.2 Å². The molecule has 0 aliphatic carbocycles. The normalized spacial score (nSPS) is 16.5. The average molecular weight is 605 g/mol. The maximum atomic E-state index is 14.2. The summed E-state index contributed by atoms with van der Waals surface area (Å²) in [6.07, 6.45) is -4.71. The van der Waals surface area contributed by atoms with Crippen LogP contribution in [0, 0.1) is 6.92 Å². The van der Waals surface area contributed by atoms with Gasteiger partial charge in [-0.25, -0.2) is 13.2 Å². The van der Waals surface area contributed by atoms with E-state index in [2.05, 4.69) is 5.32 Å². The van der Waals surface area contributed by atoms with E-state index >= 15 is 0 Å². The largest absolute Gasteiger partial charge is 0.465 e. The molecule has 14 heteroatoms. The van der Waals surface area contributed by atoms with Gasteiger partial charge >= 0.3 is 12.3 Å². The van der Waals surface area contributed by atoms with E-state index in [1.807, 2.05) is 0 Å². The van der Waals surface area contributed by atoms with E-state index in [9.17, 15) is 36.3 Å². The minimum atomic E-state index is -4.80. The second kappa shape index (κ2) is 12.2. The number of likely N-dealkylation sites (N-methyl/N-ethyl adjacent to an activating group) is 1. The van der Waals surface area contributed by atoms with Crippen LogP contribution in [0.15, 0.2) is 29.2 Å². The number of nitrogens with zero attached hydrogens (tertiary/aromatic N) is 2. The Bertz CT molecular complexity index is 1400. The zero-order valence-electron chi connectivity index (χ0n) is 22.3. The number of hydrogen-bond donors (Lipinski definition) is 3. The van der Waals surface area contributed by atoms with Gasteiger partial charge in [-0.1, -0.05) is 18.5 Å². The molecule has 40 heavy (non-hydrogen) atoms. The topological polar surface area (TPSA) is 133 Å². The van der Waals surface area contributed by atoms with E-state index in [1.165, 1.54) is 39.1 Å². The van der Waals surface area contributed by atoms with Crippen LogP contribution in [0.1, 0.15) is 52.4 Å². The van der Waals surface area contributed by atoms with Gasteiger partial charge in [0.1, 0.15) is 0 Å². The lowest BCUT2D eigenvalue weighted by molar-refractivity contribution is -0.138. The van der Waals surface area contributed by atoms with Crippen molar-refractivity contribution in [1.82, 2.24) is 15.1 Å². The van der Waals surface area contributed by atoms with Crippen LogP contribution in [0.2, 0.25) is 5.02 Å². The summed E-state index contributed by atoms with van der Waals surface area (Å²) in [5.41, 5.74) is 4.83. The molecule has 1 atom stereocenters. The van der Waals surface area contributed by atoms with Crippen molar-refractivity contribution in [3.8, 4) is 0 Å². The number of likely N-dealkylation sites (tertiary alicyclic amines) is 1. The lowest BCUT2D eigenvalue weighted by atomic mass is 9.93. The van der Waals surface area contributed by atoms with Crippen LogP contribution in [-0.4, -0.2) is 67.3 Å². The molecule has 2 amide bonds. The number of carbonyl (C=O) groups is 2. The van der Waals surface area contributed by atoms with Crippen LogP contribution in [0.3, 0.4) is 0 Å². The quantitative estimate of drug-likeness (QED) is 0.377. The molecule has 0 spiro atoms. The number of halogens is 4. The zero-order chi connectivity index (χ0) is 30.0. The third-order valence-electron chi connectivity index (χ3n) is 7.20. The van der Waals surface area contributed by atoms with E-state index in [0.29, 0.717) is 25.5 Å². The molecule has 1 saturated heterocycles. The van der Waals surface area contributed by atoms with E-state index in [4.69, 9.17) is 17.3 Å². The van der Waals surface area contributed by atoms with Crippen LogP contribution in [0.4, 0.5) is 23.7 Å². The van der Waals surface area contributed by atoms with Gasteiger partial charge in [-0.3, -0.25) is 9.69 Å². The zero-order valence-corrected chi connectivity index (χ0v) is 23.9. The predicted octanol–water partition coefficient (Wildman–Crippen LogP) is 4.55. The van der Waals surface area contributed by atoms with Crippen molar-refractivity contribution in [2.75, 3.05) is 31.6 Å². The SMILES string of the molecule is CCS(=O)(=O)c1ccc(Cl)cc1CNC(=O)c1cc(C(F)(F)F)c(CN2CCC[C@H](N(C)C(=O)O)C2)c(C)c1N. The van der Waals surface area contributed by atoms with Crippen molar-refractivity contribution in [1.29, 1.82) is 0 Å². The molecule has 1 fully saturated rings. The monoisotopic (exact) mass is 604 g/mol. The number of nitrogens with one attached hydrogen (secondary N) is 1. The molecule has 220 valence electrons. The molecule has 9 nitrogen and oxygen atoms in total. The first kappa shape index (κ1) is 31.5. The number of carboxylic acid groups (broad SMARTS) is 1. The summed E-state index contributed by atoms with van der Waals surface area (Å²) in [5.74, 6) is -1.10. The maximum Gasteiger partial charge on any atom is 0.416 e. The van der Waals surface area contributed by atoms with Gasteiger partial charge in [0.25, 0.3) is 5.91 Å². The van der Waals surface area contributed by atoms with Crippen molar-refractivity contribution in [3.05, 3.63) is 57.1 Å². The number of alkyl halides is 3. The van der Waals surface area contributed by atoms with Gasteiger partial charge in [0, 0.05) is 43.4 Å². The predicted molar refractivity (Wildman–Crippen MR) is 145 cm³/mol. The highest BCUT2D eigenvalue weighted by Gasteiger charge is 2.37. The van der Waals surface area contributed by atoms with Gasteiger partial charge in [-0.15, -0.1) is 0 Å². The number of amides is 2. The molecular formula is C26H32ClF3N4O5S. The minimum absolute atomic E-state index is 0.0384. The van der Waals surface area contributed by atoms with Crippen LogP contribution in [0.5, 0.6) is 0 Å². The number of carbonyl (C=O) groups excluding carboxylic acids is 1. The highest BCUT2D eigenvalue weighted by atomic mass is 35.5. The smallest absolute Gasteiger partial charge is 0.416 e. The van der Waals surface area contributed by atoms with Crippen LogP contribution in [0.25, 0.3) is 0 Å². The molecule has 0 saturated carbocycles. The van der Waals surface area contributed by atoms with Crippen molar-refractivity contribution in [2.45, 2.75) is 56.9 Å². The first-order valence-corrected chi connectivity index (χ1v) is 14.6. The van der Waals surface area contributed by atoms with Gasteiger partial charge in [0.15, 0.2) is 9.84 Å². The summed E-state index contributed by atoms with van der Waals surface area (Å²) in [4.78, 5) is 27.3. The molecule has 1 aliphatic rings. The Kier molecular flexibility index (Phi) is 9.63. The highest BCUT2D eigenvalue weighted by molar-refractivity contribution is 7.91. The maximum absolute atomic E-state index is 14.2. The Morgan fingerprint density at radius 3 is 2.55 bits per heavy atom. The molecule has 4 N–H and O–H groups in total. The molecular weight excluding hydrogens is 573 g/mol. The number of hydrogen-bond acceptors (Lipinski definition) is 6. The Labute approximate surface area is 236 Å². The van der Waals surface area contributed by atoms with Crippen molar-refractivity contribution < 1.29 is 36.3 Å². The molecule has 1 heterocycles. The standard InChI is InChI=1S/C26H32ClF3N4O5S/c1-4-40(38,39)22-8-7-17(27)10-16(22)12-32-24(35)19-11-21(26(28,29)30)20(15(2)23(19)31)14-34-9-5-6-18(13-34)33(3)25(36)37/h7-8,10-11,18H,4-6,9,12-14,31H2,1-3H3,(H,32,35)(H,36,37)/t18-/m0/s1. The first-order chi connectivity index (χ1) is 18.6. The van der Waals surface area contributed by atoms with Gasteiger partial charge < -0.3 is 21.1 Å². The Balaban J connectivity index is 1.92. The summed E-state index contributed by atoms with van der Waals surface area (Å²) >= 11 is 6.01. The average Bonchev–Trinajstić information content (AvgIpc) is 2.88. The highest BCUT2D eigenvalue weighted by Crippen LogP contribution is 2.38. The summed E-state index contributed by atoms with van der Waals surface area (Å²) in [6, 6.07) is 4.43. The molecule has 2 aromatic rings. The number of sulfone groups is 1. The molecule has 3 rings (SSSR count).